The van der Waals surface area contributed by atoms with E-state index >= 15 is 0 Å². The summed E-state index contributed by atoms with van der Waals surface area (Å²) in [5.74, 6) is -1.11. The molecule has 9 heteroatoms. The van der Waals surface area contributed by atoms with Crippen LogP contribution in [0, 0.1) is 5.82 Å². The van der Waals surface area contributed by atoms with Crippen molar-refractivity contribution in [3.8, 4) is 17.2 Å². The van der Waals surface area contributed by atoms with Crippen LogP contribution in [0.15, 0.2) is 69.6 Å². The van der Waals surface area contributed by atoms with Crippen LogP contribution in [0.25, 0.3) is 28.6 Å². The van der Waals surface area contributed by atoms with Crippen molar-refractivity contribution in [2.75, 3.05) is 12.4 Å². The molecule has 34 heavy (non-hydrogen) atoms. The first kappa shape index (κ1) is 23.2. The molecule has 1 aromatic heterocycles. The molecule has 1 heterocycles. The first-order valence-corrected chi connectivity index (χ1v) is 10.9. The Morgan fingerprint density at radius 2 is 2.00 bits per heavy atom. The van der Waals surface area contributed by atoms with Crippen LogP contribution in [-0.2, 0) is 16.0 Å². The van der Waals surface area contributed by atoms with Gasteiger partial charge >= 0.3 is 5.97 Å². The van der Waals surface area contributed by atoms with Crippen molar-refractivity contribution in [3.63, 3.8) is 0 Å². The molecule has 0 fully saturated rings. The Morgan fingerprint density at radius 1 is 1.18 bits per heavy atom. The Hall–Kier alpha value is -3.98. The fraction of sp³-hybridized carbons (Fsp3) is 0.0800. The van der Waals surface area contributed by atoms with E-state index in [4.69, 9.17) is 14.3 Å². The van der Waals surface area contributed by atoms with E-state index in [9.17, 15) is 14.0 Å². The van der Waals surface area contributed by atoms with Gasteiger partial charge in [-0.25, -0.2) is 9.37 Å². The van der Waals surface area contributed by atoms with E-state index in [2.05, 4.69) is 26.2 Å². The lowest BCUT2D eigenvalue weighted by atomic mass is 10.1. The third-order valence-electron chi connectivity index (χ3n) is 4.88. The third-order valence-corrected chi connectivity index (χ3v) is 5.38. The topological polar surface area (TPSA) is 102 Å². The number of fused-ring (bicyclic) bond motifs is 1. The molecule has 7 nitrogen and oxygen atoms in total. The number of rotatable bonds is 7. The number of benzene rings is 3. The maximum absolute atomic E-state index is 13.9. The Bertz CT molecular complexity index is 1430. The number of aliphatic carboxylic acids is 1. The molecule has 0 saturated carbocycles. The summed E-state index contributed by atoms with van der Waals surface area (Å²) in [6.07, 6.45) is 2.51. The summed E-state index contributed by atoms with van der Waals surface area (Å²) in [4.78, 5) is 27.7. The summed E-state index contributed by atoms with van der Waals surface area (Å²) < 4.78 is 25.8. The number of hydrogen-bond acceptors (Lipinski definition) is 5. The summed E-state index contributed by atoms with van der Waals surface area (Å²) in [7, 11) is 1.48. The molecule has 4 aromatic rings. The Morgan fingerprint density at radius 3 is 2.74 bits per heavy atom. The van der Waals surface area contributed by atoms with Crippen LogP contribution in [0.1, 0.15) is 11.1 Å². The zero-order valence-electron chi connectivity index (χ0n) is 17.8. The van der Waals surface area contributed by atoms with E-state index in [0.717, 1.165) is 0 Å². The quantitative estimate of drug-likeness (QED) is 0.301. The maximum atomic E-state index is 13.9. The van der Waals surface area contributed by atoms with E-state index in [1.165, 1.54) is 25.3 Å². The second kappa shape index (κ2) is 9.88. The Labute approximate surface area is 202 Å². The molecule has 2 N–H and O–H groups in total. The minimum atomic E-state index is -0.931. The number of aromatic nitrogens is 1. The van der Waals surface area contributed by atoms with Gasteiger partial charge in [0.2, 0.25) is 11.8 Å². The van der Waals surface area contributed by atoms with Gasteiger partial charge in [0.05, 0.1) is 19.1 Å². The van der Waals surface area contributed by atoms with E-state index < -0.39 is 17.7 Å². The van der Waals surface area contributed by atoms with Crippen molar-refractivity contribution < 1.29 is 28.2 Å². The number of oxazole rings is 1. The second-order valence-electron chi connectivity index (χ2n) is 7.30. The molecule has 1 amide bonds. The van der Waals surface area contributed by atoms with Gasteiger partial charge in [0.25, 0.3) is 0 Å². The van der Waals surface area contributed by atoms with Crippen molar-refractivity contribution in [2.24, 2.45) is 0 Å². The number of carbonyl (C=O) groups excluding carboxylic acids is 1. The zero-order valence-corrected chi connectivity index (χ0v) is 19.4. The lowest BCUT2D eigenvalue weighted by molar-refractivity contribution is -0.136. The van der Waals surface area contributed by atoms with Crippen LogP contribution in [0.5, 0.6) is 5.75 Å². The van der Waals surface area contributed by atoms with Gasteiger partial charge in [-0.2, -0.15) is 0 Å². The van der Waals surface area contributed by atoms with Crippen molar-refractivity contribution in [2.45, 2.75) is 6.42 Å². The van der Waals surface area contributed by atoms with E-state index in [-0.39, 0.29) is 12.0 Å². The minimum absolute atomic E-state index is 0.112. The second-order valence-corrected chi connectivity index (χ2v) is 8.21. The monoisotopic (exact) mass is 524 g/mol. The van der Waals surface area contributed by atoms with Crippen molar-refractivity contribution in [3.05, 3.63) is 82.1 Å². The number of anilines is 1. The fourth-order valence-electron chi connectivity index (χ4n) is 3.30. The highest BCUT2D eigenvalue weighted by molar-refractivity contribution is 9.10. The Balaban J connectivity index is 1.54. The lowest BCUT2D eigenvalue weighted by Gasteiger charge is -2.09. The van der Waals surface area contributed by atoms with Crippen LogP contribution in [0.4, 0.5) is 10.1 Å². The summed E-state index contributed by atoms with van der Waals surface area (Å²) in [5, 5.41) is 11.7. The molecule has 0 aliphatic rings. The normalized spacial score (nSPS) is 11.1. The molecule has 3 aromatic carbocycles. The Kier molecular flexibility index (Phi) is 6.74. The number of nitrogens with one attached hydrogen (secondary N) is 1. The van der Waals surface area contributed by atoms with Crippen LogP contribution < -0.4 is 10.1 Å². The number of methoxy groups -OCH3 is 1. The van der Waals surface area contributed by atoms with E-state index in [0.29, 0.717) is 44.0 Å². The number of ether oxygens (including phenoxy) is 1. The van der Waals surface area contributed by atoms with Gasteiger partial charge in [-0.3, -0.25) is 9.59 Å². The fourth-order valence-corrected chi connectivity index (χ4v) is 3.64. The number of carboxylic acids is 1. The van der Waals surface area contributed by atoms with Crippen LogP contribution in [0.3, 0.4) is 0 Å². The van der Waals surface area contributed by atoms with Gasteiger partial charge in [0, 0.05) is 27.9 Å². The van der Waals surface area contributed by atoms with Crippen molar-refractivity contribution in [1.82, 2.24) is 4.98 Å². The highest BCUT2D eigenvalue weighted by atomic mass is 79.9. The molecule has 0 aliphatic carbocycles. The molecule has 0 unspecified atom stereocenters. The molecule has 4 rings (SSSR count). The molecule has 172 valence electrons. The number of halogens is 2. The lowest BCUT2D eigenvalue weighted by Crippen LogP contribution is -2.08. The van der Waals surface area contributed by atoms with Crippen LogP contribution >= 0.6 is 15.9 Å². The molecule has 0 atom stereocenters. The first-order chi connectivity index (χ1) is 16.3. The number of nitrogens with zero attached hydrogens (tertiary/aromatic N) is 1. The van der Waals surface area contributed by atoms with Gasteiger partial charge in [-0.1, -0.05) is 28.1 Å². The minimum Gasteiger partial charge on any atom is -0.496 e. The smallest absolute Gasteiger partial charge is 0.307 e. The number of hydrogen-bond donors (Lipinski definition) is 2. The summed E-state index contributed by atoms with van der Waals surface area (Å²) in [6, 6.07) is 14.5. The van der Waals surface area contributed by atoms with Gasteiger partial charge < -0.3 is 19.6 Å². The van der Waals surface area contributed by atoms with Crippen LogP contribution in [0.2, 0.25) is 0 Å². The van der Waals surface area contributed by atoms with Crippen molar-refractivity contribution in [1.29, 1.82) is 0 Å². The number of carbonyl (C=O) groups is 2. The van der Waals surface area contributed by atoms with Gasteiger partial charge in [-0.05, 0) is 48.0 Å². The first-order valence-electron chi connectivity index (χ1n) is 10.1. The molecular formula is C25H18BrFN2O5. The average molecular weight is 525 g/mol. The number of amides is 1. The predicted molar refractivity (Wildman–Crippen MR) is 129 cm³/mol. The zero-order chi connectivity index (χ0) is 24.2. The van der Waals surface area contributed by atoms with Gasteiger partial charge in [0.1, 0.15) is 17.1 Å². The third kappa shape index (κ3) is 5.32. The van der Waals surface area contributed by atoms with E-state index in [1.807, 2.05) is 0 Å². The maximum Gasteiger partial charge on any atom is 0.307 e. The highest BCUT2D eigenvalue weighted by Gasteiger charge is 2.15. The standard InChI is InChI=1S/C25H18BrFN2O5/c1-33-22-13-17(28-23(30)9-4-15-3-5-16(26)12-19(15)27)6-7-18(22)25-29-20-10-14(11-24(31)32)2-8-21(20)34-25/h2-10,12-13H,11H2,1H3,(H,28,30)(H,31,32). The predicted octanol–water partition coefficient (Wildman–Crippen LogP) is 5.68. The van der Waals surface area contributed by atoms with Gasteiger partial charge in [-0.15, -0.1) is 0 Å². The molecule has 0 aliphatic heterocycles. The summed E-state index contributed by atoms with van der Waals surface area (Å²) >= 11 is 3.19. The number of carboxylic acid groups (broad SMARTS) is 1. The summed E-state index contributed by atoms with van der Waals surface area (Å²) in [6.45, 7) is 0. The van der Waals surface area contributed by atoms with Gasteiger partial charge in [0.15, 0.2) is 5.58 Å². The molecule has 0 bridgehead atoms. The highest BCUT2D eigenvalue weighted by Crippen LogP contribution is 2.34. The van der Waals surface area contributed by atoms with Crippen molar-refractivity contribution >= 4 is 50.7 Å². The summed E-state index contributed by atoms with van der Waals surface area (Å²) in [5.41, 5.74) is 2.96. The molecule has 0 saturated heterocycles. The molecular weight excluding hydrogens is 507 g/mol. The average Bonchev–Trinajstić information content (AvgIpc) is 3.21. The largest absolute Gasteiger partial charge is 0.496 e. The van der Waals surface area contributed by atoms with E-state index in [1.54, 1.807) is 48.5 Å². The molecule has 0 radical (unpaired) electrons. The van der Waals surface area contributed by atoms with Crippen LogP contribution in [-0.4, -0.2) is 29.1 Å². The SMILES string of the molecule is COc1cc(NC(=O)C=Cc2ccc(Br)cc2F)ccc1-c1nc2cc(CC(=O)O)ccc2o1. The molecule has 0 spiro atoms.